The Bertz CT molecular complexity index is 420. The second-order valence-electron chi connectivity index (χ2n) is 4.43. The summed E-state index contributed by atoms with van der Waals surface area (Å²) in [5.74, 6) is -0.469. The van der Waals surface area contributed by atoms with Gasteiger partial charge in [-0.05, 0) is 19.4 Å². The van der Waals surface area contributed by atoms with E-state index in [9.17, 15) is 9.00 Å². The first kappa shape index (κ1) is 13.9. The summed E-state index contributed by atoms with van der Waals surface area (Å²) in [6.45, 7) is 5.72. The van der Waals surface area contributed by atoms with E-state index in [2.05, 4.69) is 6.07 Å². The molecule has 0 saturated carbocycles. The molecule has 0 fully saturated rings. The van der Waals surface area contributed by atoms with Gasteiger partial charge in [-0.25, -0.2) is 0 Å². The maximum atomic E-state index is 11.9. The topological polar surface area (TPSA) is 54.4 Å². The number of carbonyl (C=O) groups is 1. The van der Waals surface area contributed by atoms with Crippen LogP contribution in [0.1, 0.15) is 30.0 Å². The second kappa shape index (κ2) is 5.96. The lowest BCUT2D eigenvalue weighted by molar-refractivity contribution is -0.136. The summed E-state index contributed by atoms with van der Waals surface area (Å²) in [7, 11) is -1.13. The third-order valence-corrected chi connectivity index (χ3v) is 4.18. The van der Waals surface area contributed by atoms with Crippen molar-refractivity contribution in [3.63, 3.8) is 0 Å². The van der Waals surface area contributed by atoms with Gasteiger partial charge in [-0.2, -0.15) is 0 Å². The van der Waals surface area contributed by atoms with E-state index in [1.807, 2.05) is 26.0 Å². The smallest absolute Gasteiger partial charge is 0.304 e. The monoisotopic (exact) mass is 254 g/mol. The average molecular weight is 254 g/mol. The third kappa shape index (κ3) is 4.69. The van der Waals surface area contributed by atoms with Crippen LogP contribution in [0.5, 0.6) is 0 Å². The molecule has 0 aliphatic carbocycles. The zero-order valence-electron chi connectivity index (χ0n) is 10.4. The zero-order valence-corrected chi connectivity index (χ0v) is 11.2. The molecular weight excluding hydrogens is 236 g/mol. The number of carboxylic acid groups (broad SMARTS) is 1. The molecule has 0 spiro atoms. The number of benzene rings is 1. The van der Waals surface area contributed by atoms with Crippen LogP contribution < -0.4 is 0 Å². The van der Waals surface area contributed by atoms with Crippen LogP contribution in [0, 0.1) is 13.8 Å². The number of aliphatic carboxylic acids is 1. The van der Waals surface area contributed by atoms with Gasteiger partial charge >= 0.3 is 5.97 Å². The zero-order chi connectivity index (χ0) is 13.0. The summed E-state index contributed by atoms with van der Waals surface area (Å²) in [6, 6.07) is 6.06. The summed E-state index contributed by atoms with van der Waals surface area (Å²) in [5, 5.41) is 8.34. The number of rotatable bonds is 5. The Kier molecular flexibility index (Phi) is 4.87. The normalized spacial score (nSPS) is 14.3. The molecule has 0 heterocycles. The van der Waals surface area contributed by atoms with Gasteiger partial charge in [-0.3, -0.25) is 9.00 Å². The molecule has 2 atom stereocenters. The van der Waals surface area contributed by atoms with Crippen molar-refractivity contribution in [3.8, 4) is 0 Å². The fourth-order valence-electron chi connectivity index (χ4n) is 1.80. The van der Waals surface area contributed by atoms with E-state index in [4.69, 9.17) is 5.11 Å². The van der Waals surface area contributed by atoms with Gasteiger partial charge in [-0.1, -0.05) is 36.2 Å². The lowest BCUT2D eigenvalue weighted by atomic mass is 10.1. The largest absolute Gasteiger partial charge is 0.481 e. The highest BCUT2D eigenvalue weighted by molar-refractivity contribution is 7.84. The molecule has 1 rings (SSSR count). The van der Waals surface area contributed by atoms with Crippen LogP contribution in [-0.2, 0) is 21.3 Å². The van der Waals surface area contributed by atoms with Crippen LogP contribution >= 0.6 is 0 Å². The Morgan fingerprint density at radius 3 is 2.29 bits per heavy atom. The first-order chi connectivity index (χ1) is 7.88. The first-order valence-electron chi connectivity index (χ1n) is 5.54. The minimum absolute atomic E-state index is 0.0442. The standard InChI is InChI=1S/C13H18O3S/c1-9-4-10(2)6-12(5-9)8-17(16)11(3)7-13(14)15/h4-6,11H,7-8H2,1-3H3,(H,14,15). The van der Waals surface area contributed by atoms with Gasteiger partial charge < -0.3 is 5.11 Å². The Morgan fingerprint density at radius 1 is 1.29 bits per heavy atom. The highest BCUT2D eigenvalue weighted by Gasteiger charge is 2.15. The van der Waals surface area contributed by atoms with Crippen molar-refractivity contribution in [3.05, 3.63) is 34.9 Å². The van der Waals surface area contributed by atoms with E-state index in [-0.39, 0.29) is 11.7 Å². The Balaban J connectivity index is 2.70. The van der Waals surface area contributed by atoms with E-state index in [1.54, 1.807) is 6.92 Å². The predicted octanol–water partition coefficient (Wildman–Crippen LogP) is 2.42. The van der Waals surface area contributed by atoms with Crippen LogP contribution in [-0.4, -0.2) is 20.5 Å². The molecule has 0 radical (unpaired) electrons. The third-order valence-electron chi connectivity index (χ3n) is 2.50. The van der Waals surface area contributed by atoms with Gasteiger partial charge in [0.2, 0.25) is 0 Å². The summed E-state index contributed by atoms with van der Waals surface area (Å²) in [6.07, 6.45) is -0.0442. The Labute approximate surface area is 104 Å². The van der Waals surface area contributed by atoms with Crippen molar-refractivity contribution < 1.29 is 14.1 Å². The minimum atomic E-state index is -1.13. The van der Waals surface area contributed by atoms with Crippen molar-refractivity contribution in [2.45, 2.75) is 38.2 Å². The van der Waals surface area contributed by atoms with Gasteiger partial charge in [-0.15, -0.1) is 0 Å². The average Bonchev–Trinajstić information content (AvgIpc) is 2.14. The molecule has 1 aromatic carbocycles. The number of carboxylic acids is 1. The van der Waals surface area contributed by atoms with E-state index < -0.39 is 16.8 Å². The molecule has 1 N–H and O–H groups in total. The SMILES string of the molecule is Cc1cc(C)cc(CS(=O)C(C)CC(=O)O)c1. The molecule has 0 aliphatic heterocycles. The molecule has 17 heavy (non-hydrogen) atoms. The van der Waals surface area contributed by atoms with E-state index in [0.717, 1.165) is 16.7 Å². The fourth-order valence-corrected chi connectivity index (χ4v) is 2.91. The number of hydrogen-bond acceptors (Lipinski definition) is 2. The molecule has 94 valence electrons. The van der Waals surface area contributed by atoms with Crippen molar-refractivity contribution in [2.75, 3.05) is 0 Å². The van der Waals surface area contributed by atoms with E-state index in [1.165, 1.54) is 0 Å². The Hall–Kier alpha value is -1.16. The first-order valence-corrected chi connectivity index (χ1v) is 6.93. The minimum Gasteiger partial charge on any atom is -0.481 e. The molecule has 0 amide bonds. The lowest BCUT2D eigenvalue weighted by Crippen LogP contribution is -2.17. The van der Waals surface area contributed by atoms with Crippen molar-refractivity contribution in [2.24, 2.45) is 0 Å². The quantitative estimate of drug-likeness (QED) is 0.878. The van der Waals surface area contributed by atoms with Gasteiger partial charge in [0, 0.05) is 21.8 Å². The van der Waals surface area contributed by atoms with Crippen molar-refractivity contribution >= 4 is 16.8 Å². The highest BCUT2D eigenvalue weighted by Crippen LogP contribution is 2.13. The second-order valence-corrected chi connectivity index (χ2v) is 6.28. The van der Waals surface area contributed by atoms with Gasteiger partial charge in [0.1, 0.15) is 0 Å². The van der Waals surface area contributed by atoms with Crippen LogP contribution in [0.2, 0.25) is 0 Å². The van der Waals surface area contributed by atoms with Crippen LogP contribution in [0.25, 0.3) is 0 Å². The maximum absolute atomic E-state index is 11.9. The number of aryl methyl sites for hydroxylation is 2. The van der Waals surface area contributed by atoms with Crippen LogP contribution in [0.15, 0.2) is 18.2 Å². The summed E-state index contributed by atoms with van der Waals surface area (Å²) >= 11 is 0. The van der Waals surface area contributed by atoms with E-state index >= 15 is 0 Å². The molecular formula is C13H18O3S. The highest BCUT2D eigenvalue weighted by atomic mass is 32.2. The van der Waals surface area contributed by atoms with Gasteiger partial charge in [0.15, 0.2) is 0 Å². The van der Waals surface area contributed by atoms with Gasteiger partial charge in [0.25, 0.3) is 0 Å². The summed E-state index contributed by atoms with van der Waals surface area (Å²) in [4.78, 5) is 10.5. The van der Waals surface area contributed by atoms with Gasteiger partial charge in [0.05, 0.1) is 6.42 Å². The van der Waals surface area contributed by atoms with E-state index in [0.29, 0.717) is 5.75 Å². The Morgan fingerprint density at radius 2 is 1.82 bits per heavy atom. The lowest BCUT2D eigenvalue weighted by Gasteiger charge is -2.10. The molecule has 0 saturated heterocycles. The summed E-state index contributed by atoms with van der Waals surface area (Å²) in [5.41, 5.74) is 3.30. The molecule has 4 heteroatoms. The van der Waals surface area contributed by atoms with Crippen LogP contribution in [0.3, 0.4) is 0 Å². The maximum Gasteiger partial charge on any atom is 0.304 e. The molecule has 0 aromatic heterocycles. The van der Waals surface area contributed by atoms with Crippen LogP contribution in [0.4, 0.5) is 0 Å². The predicted molar refractivity (Wildman–Crippen MR) is 69.5 cm³/mol. The molecule has 3 nitrogen and oxygen atoms in total. The van der Waals surface area contributed by atoms with Crippen molar-refractivity contribution in [1.29, 1.82) is 0 Å². The molecule has 1 aromatic rings. The molecule has 2 unspecified atom stereocenters. The summed E-state index contributed by atoms with van der Waals surface area (Å²) < 4.78 is 11.9. The molecule has 0 bridgehead atoms. The fraction of sp³-hybridized carbons (Fsp3) is 0.462. The van der Waals surface area contributed by atoms with Crippen molar-refractivity contribution in [1.82, 2.24) is 0 Å². The number of hydrogen-bond donors (Lipinski definition) is 1. The molecule has 0 aliphatic rings.